The second kappa shape index (κ2) is 12.1. The first-order chi connectivity index (χ1) is 12.8. The molecule has 0 atom stereocenters. The maximum Gasteiger partial charge on any atom is 0.215 e. The van der Waals surface area contributed by atoms with Gasteiger partial charge in [0.2, 0.25) is 20.0 Å². The van der Waals surface area contributed by atoms with Crippen molar-refractivity contribution in [3.05, 3.63) is 0 Å². The van der Waals surface area contributed by atoms with Crippen LogP contribution in [0.4, 0.5) is 0 Å². The molecule has 0 radical (unpaired) electrons. The number of halogens is 1. The predicted octanol–water partition coefficient (Wildman–Crippen LogP) is -0.0379. The van der Waals surface area contributed by atoms with Crippen molar-refractivity contribution < 1.29 is 16.8 Å². The number of nitrogens with one attached hydrogen (secondary N) is 2. The lowest BCUT2D eigenvalue weighted by Gasteiger charge is -2.32. The molecular formula is C15H32IN5O4S3. The fourth-order valence-electron chi connectivity index (χ4n) is 3.10. The Morgan fingerprint density at radius 3 is 2.14 bits per heavy atom. The molecule has 0 aromatic heterocycles. The van der Waals surface area contributed by atoms with E-state index in [1.807, 2.05) is 0 Å². The molecule has 28 heavy (non-hydrogen) atoms. The maximum absolute atomic E-state index is 12.4. The van der Waals surface area contributed by atoms with Crippen LogP contribution in [0.3, 0.4) is 0 Å². The summed E-state index contributed by atoms with van der Waals surface area (Å²) in [5.74, 6) is 2.41. The lowest BCUT2D eigenvalue weighted by molar-refractivity contribution is 0.306. The van der Waals surface area contributed by atoms with Gasteiger partial charge in [-0.25, -0.2) is 25.4 Å². The summed E-state index contributed by atoms with van der Waals surface area (Å²) in [6, 6.07) is 0.121. The van der Waals surface area contributed by atoms with Gasteiger partial charge in [-0.15, -0.1) is 24.0 Å². The number of hydrogen-bond donors (Lipinski definition) is 2. The average molecular weight is 570 g/mol. The molecule has 0 spiro atoms. The molecule has 2 aliphatic rings. The van der Waals surface area contributed by atoms with Gasteiger partial charge in [0, 0.05) is 57.3 Å². The summed E-state index contributed by atoms with van der Waals surface area (Å²) >= 11 is 1.78. The highest BCUT2D eigenvalue weighted by molar-refractivity contribution is 14.0. The minimum atomic E-state index is -3.25. The van der Waals surface area contributed by atoms with Gasteiger partial charge in [-0.2, -0.15) is 11.8 Å². The molecule has 0 aromatic rings. The molecule has 2 aliphatic heterocycles. The van der Waals surface area contributed by atoms with Gasteiger partial charge in [-0.3, -0.25) is 4.99 Å². The first kappa shape index (κ1) is 26.2. The smallest absolute Gasteiger partial charge is 0.215 e. The van der Waals surface area contributed by atoms with Gasteiger partial charge in [-0.05, 0) is 19.8 Å². The van der Waals surface area contributed by atoms with E-state index in [0.29, 0.717) is 45.0 Å². The number of rotatable bonds is 7. The Bertz CT molecular complexity index is 703. The first-order valence-corrected chi connectivity index (χ1v) is 13.7. The lowest BCUT2D eigenvalue weighted by atomic mass is 10.1. The number of nitrogens with zero attached hydrogens (tertiary/aromatic N) is 3. The van der Waals surface area contributed by atoms with E-state index in [1.54, 1.807) is 30.0 Å². The normalized spacial score (nSPS) is 21.1. The first-order valence-electron chi connectivity index (χ1n) is 9.29. The van der Waals surface area contributed by atoms with Crippen LogP contribution in [0.5, 0.6) is 0 Å². The van der Waals surface area contributed by atoms with Crippen molar-refractivity contribution >= 4 is 61.7 Å². The number of guanidine groups is 1. The maximum atomic E-state index is 12.4. The van der Waals surface area contributed by atoms with Gasteiger partial charge in [0.1, 0.15) is 0 Å². The van der Waals surface area contributed by atoms with Gasteiger partial charge in [0.25, 0.3) is 0 Å². The predicted molar refractivity (Wildman–Crippen MR) is 127 cm³/mol. The Morgan fingerprint density at radius 1 is 1.04 bits per heavy atom. The summed E-state index contributed by atoms with van der Waals surface area (Å²) in [5, 5.41) is 6.33. The summed E-state index contributed by atoms with van der Waals surface area (Å²) in [4.78, 5) is 4.15. The number of sulfonamides is 2. The molecular weight excluding hydrogens is 537 g/mol. The molecule has 0 unspecified atom stereocenters. The van der Waals surface area contributed by atoms with Gasteiger partial charge < -0.3 is 10.6 Å². The van der Waals surface area contributed by atoms with Crippen LogP contribution in [0.15, 0.2) is 4.99 Å². The van der Waals surface area contributed by atoms with Gasteiger partial charge in [0.15, 0.2) is 5.96 Å². The molecule has 2 rings (SSSR count). The summed E-state index contributed by atoms with van der Waals surface area (Å²) in [6.45, 7) is 4.09. The van der Waals surface area contributed by atoms with Crippen molar-refractivity contribution in [3.63, 3.8) is 0 Å². The van der Waals surface area contributed by atoms with Crippen molar-refractivity contribution in [2.45, 2.75) is 25.8 Å². The Labute approximate surface area is 190 Å². The summed E-state index contributed by atoms with van der Waals surface area (Å²) < 4.78 is 51.6. The van der Waals surface area contributed by atoms with E-state index in [-0.39, 0.29) is 48.1 Å². The highest BCUT2D eigenvalue weighted by atomic mass is 127. The van der Waals surface area contributed by atoms with E-state index in [4.69, 9.17) is 0 Å². The third-order valence-electron chi connectivity index (χ3n) is 4.79. The number of thioether (sulfide) groups is 1. The number of aliphatic imine (C=N–C) groups is 1. The number of piperidine rings is 1. The number of hydrogen-bond acceptors (Lipinski definition) is 6. The van der Waals surface area contributed by atoms with Crippen LogP contribution in [0, 0.1) is 0 Å². The van der Waals surface area contributed by atoms with Crippen molar-refractivity contribution in [1.29, 1.82) is 0 Å². The SMILES string of the molecule is CCS(=O)(=O)N1CCC(NC(=NC)NCCS(=O)(=O)N2CCSCC2)CC1.I. The molecule has 0 aliphatic carbocycles. The van der Waals surface area contributed by atoms with Gasteiger partial charge >= 0.3 is 0 Å². The second-order valence-corrected chi connectivity index (χ2v) is 12.1. The van der Waals surface area contributed by atoms with Crippen molar-refractivity contribution in [3.8, 4) is 0 Å². The van der Waals surface area contributed by atoms with Crippen LogP contribution in [0.25, 0.3) is 0 Å². The van der Waals surface area contributed by atoms with E-state index in [0.717, 1.165) is 11.5 Å². The zero-order valence-electron chi connectivity index (χ0n) is 16.5. The molecule has 0 saturated carbocycles. The molecule has 9 nitrogen and oxygen atoms in total. The molecule has 0 aromatic carbocycles. The van der Waals surface area contributed by atoms with Crippen LogP contribution in [0.2, 0.25) is 0 Å². The Hall–Kier alpha value is 0.170. The third-order valence-corrected chi connectivity index (χ3v) is 9.49. The average Bonchev–Trinajstić information content (AvgIpc) is 2.68. The quantitative estimate of drug-likeness (QED) is 0.252. The molecule has 2 saturated heterocycles. The van der Waals surface area contributed by atoms with Crippen molar-refractivity contribution in [2.24, 2.45) is 4.99 Å². The summed E-state index contributed by atoms with van der Waals surface area (Å²) in [6.07, 6.45) is 1.40. The minimum Gasteiger partial charge on any atom is -0.355 e. The molecule has 2 N–H and O–H groups in total. The molecule has 2 heterocycles. The topological polar surface area (TPSA) is 111 Å². The Balaban J connectivity index is 0.00000392. The van der Waals surface area contributed by atoms with Crippen LogP contribution >= 0.6 is 35.7 Å². The Morgan fingerprint density at radius 2 is 1.61 bits per heavy atom. The van der Waals surface area contributed by atoms with Gasteiger partial charge in [-0.1, -0.05) is 0 Å². The van der Waals surface area contributed by atoms with Crippen LogP contribution in [-0.2, 0) is 20.0 Å². The zero-order valence-corrected chi connectivity index (χ0v) is 21.2. The molecule has 0 amide bonds. The molecule has 166 valence electrons. The molecule has 0 bridgehead atoms. The van der Waals surface area contributed by atoms with E-state index in [1.165, 1.54) is 4.31 Å². The van der Waals surface area contributed by atoms with Crippen LogP contribution < -0.4 is 10.6 Å². The van der Waals surface area contributed by atoms with E-state index < -0.39 is 20.0 Å². The van der Waals surface area contributed by atoms with Crippen molar-refractivity contribution in [2.75, 3.05) is 62.8 Å². The second-order valence-electron chi connectivity index (χ2n) is 6.54. The standard InChI is InChI=1S/C15H31N5O4S3.HI/c1-3-26(21,22)19-7-4-14(5-8-19)18-15(16-2)17-6-13-27(23,24)20-9-11-25-12-10-20;/h14H,3-13H2,1-2H3,(H2,16,17,18);1H. The van der Waals surface area contributed by atoms with Crippen LogP contribution in [0.1, 0.15) is 19.8 Å². The van der Waals surface area contributed by atoms with E-state index in [2.05, 4.69) is 15.6 Å². The highest BCUT2D eigenvalue weighted by Crippen LogP contribution is 2.15. The largest absolute Gasteiger partial charge is 0.355 e. The minimum absolute atomic E-state index is 0. The van der Waals surface area contributed by atoms with Gasteiger partial charge in [0.05, 0.1) is 11.5 Å². The lowest BCUT2D eigenvalue weighted by Crippen LogP contribution is -2.50. The fourth-order valence-corrected chi connectivity index (χ4v) is 6.72. The highest BCUT2D eigenvalue weighted by Gasteiger charge is 2.27. The van der Waals surface area contributed by atoms with Crippen LogP contribution in [-0.4, -0.2) is 100 Å². The van der Waals surface area contributed by atoms with Crippen molar-refractivity contribution in [1.82, 2.24) is 19.2 Å². The van der Waals surface area contributed by atoms with E-state index >= 15 is 0 Å². The Kier molecular flexibility index (Phi) is 11.4. The van der Waals surface area contributed by atoms with E-state index in [9.17, 15) is 16.8 Å². The summed E-state index contributed by atoms with van der Waals surface area (Å²) in [5.41, 5.74) is 0. The third kappa shape index (κ3) is 7.78. The molecule has 13 heteroatoms. The monoisotopic (exact) mass is 569 g/mol. The summed E-state index contributed by atoms with van der Waals surface area (Å²) in [7, 11) is -4.74. The fraction of sp³-hybridized carbons (Fsp3) is 0.933. The zero-order chi connectivity index (χ0) is 19.9. The molecule has 2 fully saturated rings.